The Balaban J connectivity index is 1.85. The van der Waals surface area contributed by atoms with E-state index in [9.17, 15) is 4.79 Å². The maximum Gasteiger partial charge on any atom is 0.211 e. The van der Waals surface area contributed by atoms with E-state index in [2.05, 4.69) is 20.9 Å². The fourth-order valence-corrected chi connectivity index (χ4v) is 3.21. The van der Waals surface area contributed by atoms with Gasteiger partial charge in [-0.2, -0.15) is 0 Å². The first-order valence-corrected chi connectivity index (χ1v) is 9.43. The number of carbonyl (C=O) groups is 1. The molecule has 1 aromatic heterocycles. The van der Waals surface area contributed by atoms with Gasteiger partial charge >= 0.3 is 0 Å². The van der Waals surface area contributed by atoms with Crippen molar-refractivity contribution in [2.75, 3.05) is 0 Å². The molecule has 4 rings (SSSR count). The molecule has 0 aliphatic carbocycles. The van der Waals surface area contributed by atoms with Gasteiger partial charge in [0, 0.05) is 15.6 Å². The van der Waals surface area contributed by atoms with Gasteiger partial charge in [0.2, 0.25) is 5.78 Å². The van der Waals surface area contributed by atoms with Crippen molar-refractivity contribution >= 4 is 21.7 Å². The van der Waals surface area contributed by atoms with Gasteiger partial charge in [-0.25, -0.2) is 4.98 Å². The van der Waals surface area contributed by atoms with Crippen molar-refractivity contribution in [3.63, 3.8) is 0 Å². The number of aromatic nitrogens is 1. The zero-order chi connectivity index (χ0) is 18.6. The zero-order valence-corrected chi connectivity index (χ0v) is 16.1. The van der Waals surface area contributed by atoms with Gasteiger partial charge in [0.1, 0.15) is 5.69 Å². The summed E-state index contributed by atoms with van der Waals surface area (Å²) in [6.45, 7) is 0. The number of nitrogens with zero attached hydrogens (tertiary/aromatic N) is 1. The zero-order valence-electron chi connectivity index (χ0n) is 14.5. The Labute approximate surface area is 166 Å². The van der Waals surface area contributed by atoms with Crippen molar-refractivity contribution in [1.82, 2.24) is 4.98 Å². The third-order valence-electron chi connectivity index (χ3n) is 4.34. The Kier molecular flexibility index (Phi) is 4.95. The summed E-state index contributed by atoms with van der Waals surface area (Å²) in [7, 11) is 0. The van der Waals surface area contributed by atoms with Crippen LogP contribution in [0.3, 0.4) is 0 Å². The van der Waals surface area contributed by atoms with E-state index in [1.165, 1.54) is 0 Å². The average Bonchev–Trinajstić information content (AvgIpc) is 2.75. The quantitative estimate of drug-likeness (QED) is 0.361. The van der Waals surface area contributed by atoms with Crippen molar-refractivity contribution in [2.24, 2.45) is 0 Å². The molecular weight excluding hydrogens is 398 g/mol. The summed E-state index contributed by atoms with van der Waals surface area (Å²) in [4.78, 5) is 17.7. The second-order valence-corrected chi connectivity index (χ2v) is 7.11. The molecule has 0 unspecified atom stereocenters. The first-order chi connectivity index (χ1) is 13.2. The number of halogens is 1. The van der Waals surface area contributed by atoms with Crippen LogP contribution >= 0.6 is 15.9 Å². The molecule has 4 aromatic rings. The highest BCUT2D eigenvalue weighted by Crippen LogP contribution is 2.27. The minimum atomic E-state index is -0.0857. The minimum absolute atomic E-state index is 0.0857. The van der Waals surface area contributed by atoms with Crippen LogP contribution in [0.5, 0.6) is 0 Å². The summed E-state index contributed by atoms with van der Waals surface area (Å²) >= 11 is 3.41. The minimum Gasteiger partial charge on any atom is -0.287 e. The monoisotopic (exact) mass is 413 g/mol. The Morgan fingerprint density at radius 1 is 0.667 bits per heavy atom. The van der Waals surface area contributed by atoms with Crippen LogP contribution in [-0.2, 0) is 0 Å². The van der Waals surface area contributed by atoms with Gasteiger partial charge in [0.15, 0.2) is 0 Å². The maximum atomic E-state index is 13.0. The lowest BCUT2D eigenvalue weighted by Gasteiger charge is -2.10. The smallest absolute Gasteiger partial charge is 0.211 e. The molecule has 0 bridgehead atoms. The average molecular weight is 414 g/mol. The van der Waals surface area contributed by atoms with Gasteiger partial charge in [-0.1, -0.05) is 76.6 Å². The second-order valence-electron chi connectivity index (χ2n) is 6.19. The Morgan fingerprint density at radius 3 is 1.89 bits per heavy atom. The van der Waals surface area contributed by atoms with Gasteiger partial charge in [-0.15, -0.1) is 0 Å². The summed E-state index contributed by atoms with van der Waals surface area (Å²) in [5.74, 6) is -0.0857. The SMILES string of the molecule is O=C(c1ccc(Br)cc1)c1cc(-c2ccccc2)cc(-c2ccccc2)n1. The van der Waals surface area contributed by atoms with Crippen molar-refractivity contribution < 1.29 is 4.79 Å². The van der Waals surface area contributed by atoms with Gasteiger partial charge in [0.25, 0.3) is 0 Å². The van der Waals surface area contributed by atoms with E-state index >= 15 is 0 Å². The molecule has 0 aliphatic rings. The number of hydrogen-bond donors (Lipinski definition) is 0. The van der Waals surface area contributed by atoms with E-state index < -0.39 is 0 Å². The summed E-state index contributed by atoms with van der Waals surface area (Å²) < 4.78 is 0.940. The largest absolute Gasteiger partial charge is 0.287 e. The molecule has 0 aliphatic heterocycles. The Morgan fingerprint density at radius 2 is 1.26 bits per heavy atom. The van der Waals surface area contributed by atoms with Crippen LogP contribution in [0.25, 0.3) is 22.4 Å². The molecule has 0 saturated heterocycles. The van der Waals surface area contributed by atoms with Crippen LogP contribution in [0.4, 0.5) is 0 Å². The van der Waals surface area contributed by atoms with E-state index in [0.717, 1.165) is 26.9 Å². The van der Waals surface area contributed by atoms with Crippen molar-refractivity contribution in [2.45, 2.75) is 0 Å². The van der Waals surface area contributed by atoms with Crippen LogP contribution in [0, 0.1) is 0 Å². The number of rotatable bonds is 4. The molecule has 0 fully saturated rings. The fraction of sp³-hybridized carbons (Fsp3) is 0. The summed E-state index contributed by atoms with van der Waals surface area (Å²) in [5.41, 5.74) is 4.87. The predicted molar refractivity (Wildman–Crippen MR) is 113 cm³/mol. The molecule has 1 heterocycles. The summed E-state index contributed by atoms with van der Waals surface area (Å²) in [6.07, 6.45) is 0. The molecule has 0 saturated carbocycles. The molecule has 0 N–H and O–H groups in total. The lowest BCUT2D eigenvalue weighted by Crippen LogP contribution is -2.05. The van der Waals surface area contributed by atoms with Gasteiger partial charge in [-0.3, -0.25) is 4.79 Å². The van der Waals surface area contributed by atoms with Crippen LogP contribution in [0.15, 0.2) is 102 Å². The molecule has 130 valence electrons. The molecular formula is C24H16BrNO. The van der Waals surface area contributed by atoms with Gasteiger partial charge in [-0.05, 0) is 47.5 Å². The molecule has 27 heavy (non-hydrogen) atoms. The Bertz CT molecular complexity index is 1020. The first-order valence-electron chi connectivity index (χ1n) is 8.64. The number of benzene rings is 3. The van der Waals surface area contributed by atoms with Crippen LogP contribution in [-0.4, -0.2) is 10.8 Å². The van der Waals surface area contributed by atoms with E-state index in [1.807, 2.05) is 97.1 Å². The molecule has 3 heteroatoms. The van der Waals surface area contributed by atoms with Crippen molar-refractivity contribution in [1.29, 1.82) is 0 Å². The number of pyridine rings is 1. The van der Waals surface area contributed by atoms with Crippen LogP contribution in [0.1, 0.15) is 16.1 Å². The highest BCUT2D eigenvalue weighted by Gasteiger charge is 2.14. The second kappa shape index (κ2) is 7.68. The van der Waals surface area contributed by atoms with E-state index in [1.54, 1.807) is 0 Å². The maximum absolute atomic E-state index is 13.0. The first kappa shape index (κ1) is 17.4. The van der Waals surface area contributed by atoms with E-state index in [0.29, 0.717) is 11.3 Å². The number of ketones is 1. The summed E-state index contributed by atoms with van der Waals surface area (Å²) in [6, 6.07) is 31.2. The normalized spacial score (nSPS) is 10.6. The number of carbonyl (C=O) groups excluding carboxylic acids is 1. The van der Waals surface area contributed by atoms with E-state index in [-0.39, 0.29) is 5.78 Å². The Hall–Kier alpha value is -3.04. The van der Waals surface area contributed by atoms with Crippen molar-refractivity contribution in [3.8, 4) is 22.4 Å². The highest BCUT2D eigenvalue weighted by atomic mass is 79.9. The molecule has 3 aromatic carbocycles. The molecule has 2 nitrogen and oxygen atoms in total. The fourth-order valence-electron chi connectivity index (χ4n) is 2.95. The van der Waals surface area contributed by atoms with Gasteiger partial charge < -0.3 is 0 Å². The molecule has 0 atom stereocenters. The molecule has 0 radical (unpaired) electrons. The molecule has 0 spiro atoms. The topological polar surface area (TPSA) is 30.0 Å². The highest BCUT2D eigenvalue weighted by molar-refractivity contribution is 9.10. The van der Waals surface area contributed by atoms with Crippen molar-refractivity contribution in [3.05, 3.63) is 113 Å². The van der Waals surface area contributed by atoms with Gasteiger partial charge in [0.05, 0.1) is 5.69 Å². The van der Waals surface area contributed by atoms with E-state index in [4.69, 9.17) is 0 Å². The van der Waals surface area contributed by atoms with Crippen LogP contribution < -0.4 is 0 Å². The molecule has 0 amide bonds. The third-order valence-corrected chi connectivity index (χ3v) is 4.87. The standard InChI is InChI=1S/C24H16BrNO/c25-21-13-11-19(12-14-21)24(27)23-16-20(17-7-3-1-4-8-17)15-22(26-23)18-9-5-2-6-10-18/h1-16H. The number of hydrogen-bond acceptors (Lipinski definition) is 2. The summed E-state index contributed by atoms with van der Waals surface area (Å²) in [5, 5.41) is 0. The lowest BCUT2D eigenvalue weighted by atomic mass is 9.99. The van der Waals surface area contributed by atoms with Crippen LogP contribution in [0.2, 0.25) is 0 Å². The third kappa shape index (κ3) is 3.88. The predicted octanol–water partition coefficient (Wildman–Crippen LogP) is 6.41. The lowest BCUT2D eigenvalue weighted by molar-refractivity contribution is 0.103.